The summed E-state index contributed by atoms with van der Waals surface area (Å²) in [7, 11) is 0. The molecule has 5 fully saturated rings. The highest BCUT2D eigenvalue weighted by Crippen LogP contribution is 2.37. The Morgan fingerprint density at radius 3 is 2.12 bits per heavy atom. The molecule has 7 rings (SSSR count). The number of carbonyl (C=O) groups excluding carboxylic acids is 4. The number of fused-ring (bicyclic) bond motifs is 1. The van der Waals surface area contributed by atoms with E-state index in [2.05, 4.69) is 22.5 Å². The number of likely N-dealkylation sites (tertiary alicyclic amines) is 1. The van der Waals surface area contributed by atoms with Crippen LogP contribution in [0.15, 0.2) is 42.2 Å². The number of carbonyl (C=O) groups is 4. The van der Waals surface area contributed by atoms with Crippen molar-refractivity contribution in [2.45, 2.75) is 176 Å². The van der Waals surface area contributed by atoms with Gasteiger partial charge in [-0.05, 0) is 44.7 Å². The summed E-state index contributed by atoms with van der Waals surface area (Å²) in [6, 6.07) is 4.79. The minimum absolute atomic E-state index is 0.110. The summed E-state index contributed by atoms with van der Waals surface area (Å²) >= 11 is 0. The van der Waals surface area contributed by atoms with Gasteiger partial charge in [0.15, 0.2) is 18.9 Å². The molecule has 0 radical (unpaired) electrons. The van der Waals surface area contributed by atoms with Crippen LogP contribution in [-0.2, 0) is 57.1 Å². The van der Waals surface area contributed by atoms with E-state index in [-0.39, 0.29) is 44.9 Å². The summed E-state index contributed by atoms with van der Waals surface area (Å²) in [6.07, 6.45) is -21.4. The lowest BCUT2D eigenvalue weighted by Gasteiger charge is -2.49. The Bertz CT molecular complexity index is 2150. The molecule has 5 aliphatic heterocycles. The van der Waals surface area contributed by atoms with Gasteiger partial charge in [-0.2, -0.15) is 0 Å². The monoisotopic (exact) mass is 1070 g/mol. The van der Waals surface area contributed by atoms with E-state index in [4.69, 9.17) is 42.6 Å². The number of nitrogens with one attached hydrogen (secondary N) is 3. The fourth-order valence-electron chi connectivity index (χ4n) is 10.1. The quantitative estimate of drug-likeness (QED) is 0.0541. The van der Waals surface area contributed by atoms with Gasteiger partial charge < -0.3 is 104 Å². The van der Waals surface area contributed by atoms with Gasteiger partial charge in [-0.3, -0.25) is 19.2 Å². The molecule has 1 aromatic carbocycles. The molecule has 1 aliphatic carbocycles. The van der Waals surface area contributed by atoms with Gasteiger partial charge in [-0.1, -0.05) is 38.1 Å². The van der Waals surface area contributed by atoms with E-state index in [1.807, 2.05) is 25.1 Å². The third-order valence-corrected chi connectivity index (χ3v) is 14.3. The molecule has 1 saturated carbocycles. The molecular weight excluding hydrogens is 993 g/mol. The van der Waals surface area contributed by atoms with E-state index in [1.165, 1.54) is 20.8 Å². The summed E-state index contributed by atoms with van der Waals surface area (Å²) in [5.41, 5.74) is 1.31. The van der Waals surface area contributed by atoms with E-state index >= 15 is 0 Å². The van der Waals surface area contributed by atoms with Gasteiger partial charge in [0.05, 0.1) is 44.7 Å². The second-order valence-electron chi connectivity index (χ2n) is 19.8. The lowest BCUT2D eigenvalue weighted by atomic mass is 9.80. The van der Waals surface area contributed by atoms with Gasteiger partial charge >= 0.3 is 0 Å². The van der Waals surface area contributed by atoms with Crippen molar-refractivity contribution in [1.82, 2.24) is 20.9 Å². The highest BCUT2D eigenvalue weighted by atomic mass is 16.7. The van der Waals surface area contributed by atoms with Crippen molar-refractivity contribution in [3.8, 4) is 5.75 Å². The third kappa shape index (κ3) is 13.9. The Balaban J connectivity index is 1.08. The number of rotatable bonds is 21. The molecule has 9 unspecified atom stereocenters. The molecule has 11 N–H and O–H groups in total. The Labute approximate surface area is 434 Å². The predicted molar refractivity (Wildman–Crippen MR) is 257 cm³/mol. The SMILES string of the molecule is C=C1Oc2ccccc2C=C1COC1C(O)[C@@H](OCCNC(=O)C2CC(NC(C)=O)[C@@H](O[C@@H]3OC(C)[C@@H](O)[C@H](O)C3O)[C@H](O[C@@H]3O[C@@H](CO)[C@H](O)C(O[C@@H](CCC)C(=O)N4CCC4)C3NC(C)=O)C2)OC(CO)[C@H]1O. The molecule has 5 heterocycles. The number of benzene rings is 1. The molecule has 0 spiro atoms. The van der Waals surface area contributed by atoms with Crippen LogP contribution in [-0.4, -0.2) is 232 Å². The first-order valence-electron chi connectivity index (χ1n) is 25.6. The number of hydrogen-bond donors (Lipinski definition) is 11. The van der Waals surface area contributed by atoms with Crippen LogP contribution in [0.25, 0.3) is 6.08 Å². The molecule has 1 aromatic rings. The second kappa shape index (κ2) is 26.4. The third-order valence-electron chi connectivity index (χ3n) is 14.3. The molecule has 420 valence electrons. The molecule has 6 aliphatic rings. The van der Waals surface area contributed by atoms with Crippen molar-refractivity contribution in [2.75, 3.05) is 46.1 Å². The molecule has 0 aromatic heterocycles. The zero-order chi connectivity index (χ0) is 54.2. The fourth-order valence-corrected chi connectivity index (χ4v) is 10.1. The first-order chi connectivity index (χ1) is 35.8. The number of amides is 4. The molecular formula is C50H74N4O21. The van der Waals surface area contributed by atoms with E-state index in [9.17, 15) is 60.0 Å². The smallest absolute Gasteiger partial charge is 0.251 e. The minimum Gasteiger partial charge on any atom is -0.457 e. The average Bonchev–Trinajstić information content (AvgIpc) is 3.35. The standard InChI is InChI=1S/C50H74N4O21/c1-6-10-32(47(66)54-14-9-15-54)71-44-36(53-26(5)58)48(73-34(20-55)38(44)60)72-33-19-28(18-30(52-25(4)57)43(33)75-50-41(63)40(62)37(59)24(3)70-50)46(65)51-13-16-67-49-42(64)45(39(61)35(21-56)74-49)68-22-29-17-27-11-7-8-12-31(27)69-23(29)2/h7-8,11-12,17,24,28,30,32-45,48-50,55-56,59-64H,2,6,9-10,13-16,18-22H2,1,3-5H3,(H,51,65)(H,52,57)(H,53,58)/t24?,28?,30?,32-,33+,34-,35?,36?,37+,38-,39+,40-,41?,42?,43+,44?,45?,48+,49-,50-/m0/s1. The number of ether oxygens (including phenoxy) is 9. The minimum atomic E-state index is -1.81. The van der Waals surface area contributed by atoms with Crippen molar-refractivity contribution in [3.05, 3.63) is 47.7 Å². The number of aliphatic hydroxyl groups is 8. The topological polar surface area (TPSA) is 353 Å². The van der Waals surface area contributed by atoms with Crippen LogP contribution >= 0.6 is 0 Å². The van der Waals surface area contributed by atoms with Crippen LogP contribution in [0.3, 0.4) is 0 Å². The van der Waals surface area contributed by atoms with Crippen molar-refractivity contribution in [1.29, 1.82) is 0 Å². The van der Waals surface area contributed by atoms with Gasteiger partial charge in [0.2, 0.25) is 17.7 Å². The second-order valence-corrected chi connectivity index (χ2v) is 19.8. The lowest BCUT2D eigenvalue weighted by Crippen LogP contribution is -2.68. The number of para-hydroxylation sites is 1. The van der Waals surface area contributed by atoms with Gasteiger partial charge in [-0.25, -0.2) is 0 Å². The van der Waals surface area contributed by atoms with Crippen molar-refractivity contribution >= 4 is 29.7 Å². The summed E-state index contributed by atoms with van der Waals surface area (Å²) in [5, 5.41) is 95.0. The maximum Gasteiger partial charge on any atom is 0.251 e. The highest BCUT2D eigenvalue weighted by molar-refractivity contribution is 5.81. The lowest BCUT2D eigenvalue weighted by molar-refractivity contribution is -0.335. The summed E-state index contributed by atoms with van der Waals surface area (Å²) < 4.78 is 54.6. The number of aliphatic hydroxyl groups excluding tert-OH is 8. The Hall–Kier alpha value is -4.26. The normalized spacial score (nSPS) is 37.2. The Kier molecular flexibility index (Phi) is 20.6. The van der Waals surface area contributed by atoms with E-state index in [0.29, 0.717) is 36.6 Å². The molecule has 4 amide bonds. The Morgan fingerprint density at radius 1 is 0.787 bits per heavy atom. The van der Waals surface area contributed by atoms with Crippen molar-refractivity contribution in [2.24, 2.45) is 5.92 Å². The van der Waals surface area contributed by atoms with E-state index < -0.39 is 153 Å². The largest absolute Gasteiger partial charge is 0.457 e. The molecule has 75 heavy (non-hydrogen) atoms. The first kappa shape index (κ1) is 58.4. The summed E-state index contributed by atoms with van der Waals surface area (Å²) in [4.78, 5) is 55.2. The average molecular weight is 1070 g/mol. The Morgan fingerprint density at radius 2 is 1.47 bits per heavy atom. The van der Waals surface area contributed by atoms with E-state index in [0.717, 1.165) is 12.0 Å². The predicted octanol–water partition coefficient (Wildman–Crippen LogP) is -3.19. The maximum atomic E-state index is 14.2. The number of nitrogens with zero attached hydrogens (tertiary/aromatic N) is 1. The van der Waals surface area contributed by atoms with Gasteiger partial charge in [0.25, 0.3) is 5.91 Å². The van der Waals surface area contributed by atoms with Crippen LogP contribution in [0.1, 0.15) is 65.4 Å². The molecule has 25 heteroatoms. The van der Waals surface area contributed by atoms with Crippen LogP contribution in [0.2, 0.25) is 0 Å². The number of hydrogen-bond acceptors (Lipinski definition) is 21. The van der Waals surface area contributed by atoms with Crippen LogP contribution in [0.4, 0.5) is 0 Å². The van der Waals surface area contributed by atoms with E-state index in [1.54, 1.807) is 17.0 Å². The van der Waals surface area contributed by atoms with Gasteiger partial charge in [-0.15, -0.1) is 0 Å². The van der Waals surface area contributed by atoms with Gasteiger partial charge in [0.1, 0.15) is 90.8 Å². The van der Waals surface area contributed by atoms with Crippen LogP contribution in [0, 0.1) is 5.92 Å². The molecule has 25 nitrogen and oxygen atoms in total. The molecule has 4 saturated heterocycles. The first-order valence-corrected chi connectivity index (χ1v) is 25.6. The highest BCUT2D eigenvalue weighted by Gasteiger charge is 2.54. The molecule has 0 bridgehead atoms. The van der Waals surface area contributed by atoms with Crippen molar-refractivity contribution < 1.29 is 103 Å². The maximum absolute atomic E-state index is 14.2. The van der Waals surface area contributed by atoms with Crippen molar-refractivity contribution in [3.63, 3.8) is 0 Å². The summed E-state index contributed by atoms with van der Waals surface area (Å²) in [6.45, 7) is 8.67. The molecule has 20 atom stereocenters. The zero-order valence-electron chi connectivity index (χ0n) is 42.5. The van der Waals surface area contributed by atoms with Crippen LogP contribution < -0.4 is 20.7 Å². The zero-order valence-corrected chi connectivity index (χ0v) is 42.5. The summed E-state index contributed by atoms with van der Waals surface area (Å²) in [5.74, 6) is -2.18. The van der Waals surface area contributed by atoms with Crippen LogP contribution in [0.5, 0.6) is 5.75 Å². The van der Waals surface area contributed by atoms with Gasteiger partial charge in [0, 0.05) is 50.5 Å². The fraction of sp³-hybridized carbons (Fsp3) is 0.720.